The average molecular weight is 243 g/mol. The number of rotatable bonds is 3. The minimum Gasteiger partial charge on any atom is -0.481 e. The summed E-state index contributed by atoms with van der Waals surface area (Å²) in [5.41, 5.74) is 5.92. The fourth-order valence-electron chi connectivity index (χ4n) is 2.28. The van der Waals surface area contributed by atoms with Crippen LogP contribution in [0.15, 0.2) is 42.5 Å². The second-order valence-corrected chi connectivity index (χ2v) is 5.20. The lowest BCUT2D eigenvalue weighted by Gasteiger charge is -2.27. The van der Waals surface area contributed by atoms with Gasteiger partial charge in [-0.25, -0.2) is 0 Å². The van der Waals surface area contributed by atoms with E-state index in [-0.39, 0.29) is 0 Å². The minimum atomic E-state index is -0.891. The van der Waals surface area contributed by atoms with Crippen molar-refractivity contribution in [2.24, 2.45) is 5.73 Å². The van der Waals surface area contributed by atoms with Crippen molar-refractivity contribution in [1.82, 2.24) is 0 Å². The third kappa shape index (κ3) is 2.36. The van der Waals surface area contributed by atoms with Crippen molar-refractivity contribution in [2.45, 2.75) is 25.3 Å². The van der Waals surface area contributed by atoms with Gasteiger partial charge in [0.2, 0.25) is 0 Å². The maximum atomic E-state index is 11.4. The Morgan fingerprint density at radius 3 is 2.33 bits per heavy atom. The quantitative estimate of drug-likeness (QED) is 0.871. The summed E-state index contributed by atoms with van der Waals surface area (Å²) in [5, 5.41) is 11.5. The molecule has 2 aromatic rings. The van der Waals surface area contributed by atoms with E-state index in [1.165, 1.54) is 0 Å². The van der Waals surface area contributed by atoms with Gasteiger partial charge in [0.1, 0.15) is 0 Å². The first-order valence-electron chi connectivity index (χ1n) is 5.90. The molecule has 18 heavy (non-hydrogen) atoms. The summed E-state index contributed by atoms with van der Waals surface area (Å²) in [7, 11) is 0. The molecule has 1 atom stereocenters. The van der Waals surface area contributed by atoms with E-state index >= 15 is 0 Å². The Morgan fingerprint density at radius 1 is 1.17 bits per heavy atom. The van der Waals surface area contributed by atoms with Crippen LogP contribution < -0.4 is 5.73 Å². The van der Waals surface area contributed by atoms with Gasteiger partial charge in [-0.15, -0.1) is 0 Å². The van der Waals surface area contributed by atoms with Gasteiger partial charge in [-0.1, -0.05) is 42.5 Å². The number of nitrogens with two attached hydrogens (primary N) is 1. The Kier molecular flexibility index (Phi) is 3.09. The van der Waals surface area contributed by atoms with E-state index in [1.807, 2.05) is 42.5 Å². The predicted molar refractivity (Wildman–Crippen MR) is 72.6 cm³/mol. The van der Waals surface area contributed by atoms with Crippen LogP contribution in [0.1, 0.15) is 25.3 Å². The molecule has 0 aliphatic heterocycles. The Bertz CT molecular complexity index is 584. The third-order valence-electron chi connectivity index (χ3n) is 3.10. The summed E-state index contributed by atoms with van der Waals surface area (Å²) >= 11 is 0. The monoisotopic (exact) mass is 243 g/mol. The number of benzene rings is 2. The summed E-state index contributed by atoms with van der Waals surface area (Å²) in [4.78, 5) is 11.4. The Balaban J connectivity index is 2.55. The van der Waals surface area contributed by atoms with Crippen molar-refractivity contribution >= 4 is 16.7 Å². The van der Waals surface area contributed by atoms with E-state index in [0.717, 1.165) is 16.3 Å². The maximum absolute atomic E-state index is 11.4. The molecule has 0 aliphatic carbocycles. The van der Waals surface area contributed by atoms with E-state index in [0.29, 0.717) is 0 Å². The van der Waals surface area contributed by atoms with Crippen LogP contribution in [0.25, 0.3) is 10.8 Å². The molecule has 0 fully saturated rings. The zero-order chi connectivity index (χ0) is 13.3. The van der Waals surface area contributed by atoms with Crippen molar-refractivity contribution in [2.75, 3.05) is 0 Å². The zero-order valence-electron chi connectivity index (χ0n) is 10.6. The standard InChI is InChI=1S/C15H17NO2/c1-15(2,16)13(14(17)18)12-8-7-10-5-3-4-6-11(10)9-12/h3-9,13H,16H2,1-2H3,(H,17,18). The fourth-order valence-corrected chi connectivity index (χ4v) is 2.28. The Labute approximate surface area is 106 Å². The van der Waals surface area contributed by atoms with Crippen molar-refractivity contribution in [3.05, 3.63) is 48.0 Å². The minimum absolute atomic E-state index is 0.706. The average Bonchev–Trinajstić information content (AvgIpc) is 2.26. The van der Waals surface area contributed by atoms with E-state index in [1.54, 1.807) is 13.8 Å². The molecule has 0 aromatic heterocycles. The Morgan fingerprint density at radius 2 is 1.78 bits per heavy atom. The topological polar surface area (TPSA) is 63.3 Å². The number of carboxylic acids is 1. The van der Waals surface area contributed by atoms with Crippen molar-refractivity contribution in [1.29, 1.82) is 0 Å². The first-order valence-corrected chi connectivity index (χ1v) is 5.90. The van der Waals surface area contributed by atoms with Crippen LogP contribution >= 0.6 is 0 Å². The van der Waals surface area contributed by atoms with Crippen LogP contribution in [0, 0.1) is 0 Å². The summed E-state index contributed by atoms with van der Waals surface area (Å²) in [6.07, 6.45) is 0. The summed E-state index contributed by atoms with van der Waals surface area (Å²) in [6.45, 7) is 3.47. The van der Waals surface area contributed by atoms with E-state index in [9.17, 15) is 9.90 Å². The summed E-state index contributed by atoms with van der Waals surface area (Å²) < 4.78 is 0. The van der Waals surface area contributed by atoms with Gasteiger partial charge in [-0.05, 0) is 30.2 Å². The molecule has 0 heterocycles. The molecule has 3 N–H and O–H groups in total. The molecule has 0 radical (unpaired) electrons. The molecule has 2 rings (SSSR count). The molecular formula is C15H17NO2. The van der Waals surface area contributed by atoms with Gasteiger partial charge >= 0.3 is 5.97 Å². The van der Waals surface area contributed by atoms with Gasteiger partial charge in [0.15, 0.2) is 0 Å². The van der Waals surface area contributed by atoms with E-state index in [2.05, 4.69) is 0 Å². The smallest absolute Gasteiger partial charge is 0.312 e. The third-order valence-corrected chi connectivity index (χ3v) is 3.10. The number of fused-ring (bicyclic) bond motifs is 1. The van der Waals surface area contributed by atoms with Gasteiger partial charge < -0.3 is 10.8 Å². The molecule has 94 valence electrons. The van der Waals surface area contributed by atoms with Gasteiger partial charge in [0, 0.05) is 5.54 Å². The molecule has 3 nitrogen and oxygen atoms in total. The molecule has 0 bridgehead atoms. The second-order valence-electron chi connectivity index (χ2n) is 5.20. The number of hydrogen-bond donors (Lipinski definition) is 2. The highest BCUT2D eigenvalue weighted by Gasteiger charge is 2.33. The Hall–Kier alpha value is -1.87. The van der Waals surface area contributed by atoms with Gasteiger partial charge in [-0.3, -0.25) is 4.79 Å². The second kappa shape index (κ2) is 4.42. The van der Waals surface area contributed by atoms with Crippen LogP contribution in [0.5, 0.6) is 0 Å². The number of carbonyl (C=O) groups is 1. The highest BCUT2D eigenvalue weighted by Crippen LogP contribution is 2.29. The molecule has 0 aliphatic rings. The van der Waals surface area contributed by atoms with Crippen LogP contribution in [0.3, 0.4) is 0 Å². The normalized spacial score (nSPS) is 13.5. The highest BCUT2D eigenvalue weighted by atomic mass is 16.4. The molecule has 0 saturated carbocycles. The van der Waals surface area contributed by atoms with E-state index < -0.39 is 17.4 Å². The molecular weight excluding hydrogens is 226 g/mol. The summed E-state index contributed by atoms with van der Waals surface area (Å²) in [6, 6.07) is 13.6. The lowest BCUT2D eigenvalue weighted by molar-refractivity contribution is -0.140. The van der Waals surface area contributed by atoms with Crippen LogP contribution in [-0.2, 0) is 4.79 Å². The summed E-state index contributed by atoms with van der Waals surface area (Å²) in [5.74, 6) is -1.60. The molecule has 0 spiro atoms. The maximum Gasteiger partial charge on any atom is 0.312 e. The molecule has 0 amide bonds. The lowest BCUT2D eigenvalue weighted by atomic mass is 9.82. The van der Waals surface area contributed by atoms with E-state index in [4.69, 9.17) is 5.73 Å². The SMILES string of the molecule is CC(C)(N)C(C(=O)O)c1ccc2ccccc2c1. The zero-order valence-corrected chi connectivity index (χ0v) is 10.6. The van der Waals surface area contributed by atoms with Gasteiger partial charge in [-0.2, -0.15) is 0 Å². The molecule has 1 unspecified atom stereocenters. The first-order chi connectivity index (χ1) is 8.39. The number of carboxylic acid groups (broad SMARTS) is 1. The number of hydrogen-bond acceptors (Lipinski definition) is 2. The van der Waals surface area contributed by atoms with Crippen LogP contribution in [-0.4, -0.2) is 16.6 Å². The largest absolute Gasteiger partial charge is 0.481 e. The highest BCUT2D eigenvalue weighted by molar-refractivity contribution is 5.86. The molecule has 2 aromatic carbocycles. The molecule has 3 heteroatoms. The van der Waals surface area contributed by atoms with Crippen molar-refractivity contribution in [3.63, 3.8) is 0 Å². The van der Waals surface area contributed by atoms with Gasteiger partial charge in [0.05, 0.1) is 5.92 Å². The van der Waals surface area contributed by atoms with Crippen LogP contribution in [0.2, 0.25) is 0 Å². The lowest BCUT2D eigenvalue weighted by Crippen LogP contribution is -2.43. The van der Waals surface area contributed by atoms with Crippen molar-refractivity contribution in [3.8, 4) is 0 Å². The fraction of sp³-hybridized carbons (Fsp3) is 0.267. The van der Waals surface area contributed by atoms with Gasteiger partial charge in [0.25, 0.3) is 0 Å². The number of aliphatic carboxylic acids is 1. The first kappa shape index (κ1) is 12.6. The predicted octanol–water partition coefficient (Wildman–Crippen LogP) is 2.75. The van der Waals surface area contributed by atoms with Crippen LogP contribution in [0.4, 0.5) is 0 Å². The molecule has 0 saturated heterocycles. The van der Waals surface area contributed by atoms with Crippen molar-refractivity contribution < 1.29 is 9.90 Å².